The predicted octanol–water partition coefficient (Wildman–Crippen LogP) is 18.7. The lowest BCUT2D eigenvalue weighted by Gasteiger charge is -2.18. The molecule has 0 N–H and O–H groups in total. The highest BCUT2D eigenvalue weighted by Crippen LogP contribution is 2.17. The van der Waals surface area contributed by atoms with Gasteiger partial charge in [-0.2, -0.15) is 0 Å². The third-order valence-corrected chi connectivity index (χ3v) is 12.7. The number of allylic oxidation sites excluding steroid dienone is 4. The van der Waals surface area contributed by atoms with Crippen LogP contribution in [0.4, 0.5) is 0 Å². The molecule has 0 saturated carbocycles. The van der Waals surface area contributed by atoms with Crippen LogP contribution in [-0.4, -0.2) is 37.2 Å². The molecule has 1 atom stereocenters. The van der Waals surface area contributed by atoms with Crippen molar-refractivity contribution in [3.05, 3.63) is 24.3 Å². The van der Waals surface area contributed by atoms with Crippen molar-refractivity contribution in [2.24, 2.45) is 0 Å². The van der Waals surface area contributed by atoms with E-state index in [1.54, 1.807) is 0 Å². The summed E-state index contributed by atoms with van der Waals surface area (Å²) >= 11 is 0. The van der Waals surface area contributed by atoms with Crippen LogP contribution in [0.3, 0.4) is 0 Å². The summed E-state index contributed by atoms with van der Waals surface area (Å²) in [5, 5.41) is 0. The molecule has 0 bridgehead atoms. The van der Waals surface area contributed by atoms with Crippen LogP contribution in [0.2, 0.25) is 0 Å². The Morgan fingerprint density at radius 1 is 0.312 bits per heavy atom. The molecular formula is C58H108O6. The average molecular weight is 901 g/mol. The van der Waals surface area contributed by atoms with Crippen LogP contribution >= 0.6 is 0 Å². The maximum Gasteiger partial charge on any atom is 0.306 e. The minimum Gasteiger partial charge on any atom is -0.462 e. The summed E-state index contributed by atoms with van der Waals surface area (Å²) in [5.74, 6) is -0.866. The Labute approximate surface area is 398 Å². The highest BCUT2D eigenvalue weighted by atomic mass is 16.6. The van der Waals surface area contributed by atoms with Crippen LogP contribution in [0.15, 0.2) is 24.3 Å². The lowest BCUT2D eigenvalue weighted by Crippen LogP contribution is -2.30. The number of carbonyl (C=O) groups is 3. The van der Waals surface area contributed by atoms with Crippen molar-refractivity contribution in [1.82, 2.24) is 0 Å². The quantitative estimate of drug-likeness (QED) is 0.0262. The summed E-state index contributed by atoms with van der Waals surface area (Å²) < 4.78 is 16.8. The van der Waals surface area contributed by atoms with E-state index in [1.165, 1.54) is 193 Å². The van der Waals surface area contributed by atoms with Gasteiger partial charge in [0.15, 0.2) is 6.10 Å². The Morgan fingerprint density at radius 2 is 0.562 bits per heavy atom. The number of hydrogen-bond acceptors (Lipinski definition) is 6. The van der Waals surface area contributed by atoms with Crippen LogP contribution in [-0.2, 0) is 28.6 Å². The lowest BCUT2D eigenvalue weighted by molar-refractivity contribution is -0.167. The second-order valence-corrected chi connectivity index (χ2v) is 19.2. The largest absolute Gasteiger partial charge is 0.462 e. The third-order valence-electron chi connectivity index (χ3n) is 12.7. The first-order valence-electron chi connectivity index (χ1n) is 28.3. The van der Waals surface area contributed by atoms with Gasteiger partial charge < -0.3 is 14.2 Å². The Hall–Kier alpha value is -2.11. The molecule has 0 fully saturated rings. The fourth-order valence-electron chi connectivity index (χ4n) is 8.42. The summed E-state index contributed by atoms with van der Waals surface area (Å²) in [6, 6.07) is 0. The van der Waals surface area contributed by atoms with Crippen molar-refractivity contribution in [3.63, 3.8) is 0 Å². The first kappa shape index (κ1) is 61.9. The molecular weight excluding hydrogens is 793 g/mol. The fourth-order valence-corrected chi connectivity index (χ4v) is 8.42. The molecule has 0 aromatic heterocycles. The van der Waals surface area contributed by atoms with E-state index >= 15 is 0 Å². The Balaban J connectivity index is 4.29. The van der Waals surface area contributed by atoms with Gasteiger partial charge in [-0.1, -0.05) is 263 Å². The molecule has 0 heterocycles. The zero-order valence-electron chi connectivity index (χ0n) is 43.1. The molecule has 0 aliphatic heterocycles. The summed E-state index contributed by atoms with van der Waals surface area (Å²) in [6.07, 6.45) is 61.6. The van der Waals surface area contributed by atoms with Gasteiger partial charge in [0.2, 0.25) is 0 Å². The number of unbranched alkanes of at least 4 members (excludes halogenated alkanes) is 37. The second-order valence-electron chi connectivity index (χ2n) is 19.2. The highest BCUT2D eigenvalue weighted by Gasteiger charge is 2.19. The Bertz CT molecular complexity index is 1040. The first-order valence-corrected chi connectivity index (χ1v) is 28.3. The van der Waals surface area contributed by atoms with E-state index in [1.807, 2.05) is 0 Å². The summed E-state index contributed by atoms with van der Waals surface area (Å²) in [5.41, 5.74) is 0. The van der Waals surface area contributed by atoms with Crippen LogP contribution in [0, 0.1) is 0 Å². The first-order chi connectivity index (χ1) is 31.5. The van der Waals surface area contributed by atoms with Crippen molar-refractivity contribution >= 4 is 17.9 Å². The molecule has 0 aromatic rings. The highest BCUT2D eigenvalue weighted by molar-refractivity contribution is 5.71. The van der Waals surface area contributed by atoms with Gasteiger partial charge in [0.05, 0.1) is 0 Å². The van der Waals surface area contributed by atoms with Crippen molar-refractivity contribution in [1.29, 1.82) is 0 Å². The van der Waals surface area contributed by atoms with Gasteiger partial charge >= 0.3 is 17.9 Å². The predicted molar refractivity (Wildman–Crippen MR) is 275 cm³/mol. The molecule has 0 aliphatic rings. The second kappa shape index (κ2) is 53.5. The van der Waals surface area contributed by atoms with E-state index in [2.05, 4.69) is 45.1 Å². The molecule has 0 amide bonds. The van der Waals surface area contributed by atoms with Crippen molar-refractivity contribution in [2.75, 3.05) is 13.2 Å². The van der Waals surface area contributed by atoms with Gasteiger partial charge in [0.25, 0.3) is 0 Å². The van der Waals surface area contributed by atoms with E-state index in [0.717, 1.165) is 77.0 Å². The summed E-state index contributed by atoms with van der Waals surface area (Å²) in [4.78, 5) is 38.1. The van der Waals surface area contributed by atoms with Gasteiger partial charge in [-0.25, -0.2) is 0 Å². The van der Waals surface area contributed by atoms with E-state index in [9.17, 15) is 14.4 Å². The van der Waals surface area contributed by atoms with Crippen molar-refractivity contribution < 1.29 is 28.6 Å². The number of esters is 3. The van der Waals surface area contributed by atoms with Crippen molar-refractivity contribution in [3.8, 4) is 0 Å². The SMILES string of the molecule is CCCCC/C=C\C/C=C\CCCCCCCC(=O)OC[C@H](COC(=O)CCCCCCCCCCCCCCCCCCCCC)OC(=O)CCCCCCCCCCCCCC. The van der Waals surface area contributed by atoms with Crippen LogP contribution in [0.5, 0.6) is 0 Å². The fraction of sp³-hybridized carbons (Fsp3) is 0.879. The van der Waals surface area contributed by atoms with Crippen molar-refractivity contribution in [2.45, 2.75) is 316 Å². The molecule has 0 spiro atoms. The Kier molecular flexibility index (Phi) is 51.7. The lowest BCUT2D eigenvalue weighted by atomic mass is 10.0. The van der Waals surface area contributed by atoms with E-state index in [4.69, 9.17) is 14.2 Å². The number of hydrogen-bond donors (Lipinski definition) is 0. The maximum absolute atomic E-state index is 12.8. The smallest absolute Gasteiger partial charge is 0.306 e. The molecule has 376 valence electrons. The molecule has 0 saturated heterocycles. The van der Waals surface area contributed by atoms with Gasteiger partial charge in [-0.15, -0.1) is 0 Å². The molecule has 0 radical (unpaired) electrons. The molecule has 6 heteroatoms. The van der Waals surface area contributed by atoms with E-state index in [-0.39, 0.29) is 31.1 Å². The van der Waals surface area contributed by atoms with Gasteiger partial charge in [0, 0.05) is 19.3 Å². The van der Waals surface area contributed by atoms with Crippen LogP contribution in [0.25, 0.3) is 0 Å². The minimum absolute atomic E-state index is 0.0703. The summed E-state index contributed by atoms with van der Waals surface area (Å²) in [6.45, 7) is 6.64. The van der Waals surface area contributed by atoms with Gasteiger partial charge in [-0.05, 0) is 51.4 Å². The Morgan fingerprint density at radius 3 is 0.891 bits per heavy atom. The number of ether oxygens (including phenoxy) is 3. The third kappa shape index (κ3) is 50.9. The molecule has 0 aliphatic carbocycles. The monoisotopic (exact) mass is 901 g/mol. The molecule has 0 unspecified atom stereocenters. The number of carbonyl (C=O) groups excluding carboxylic acids is 3. The maximum atomic E-state index is 12.8. The average Bonchev–Trinajstić information content (AvgIpc) is 3.29. The van der Waals surface area contributed by atoms with Crippen LogP contribution < -0.4 is 0 Å². The van der Waals surface area contributed by atoms with Crippen LogP contribution in [0.1, 0.15) is 310 Å². The molecule has 0 aromatic carbocycles. The number of rotatable bonds is 52. The normalized spacial score (nSPS) is 12.1. The molecule has 64 heavy (non-hydrogen) atoms. The molecule has 6 nitrogen and oxygen atoms in total. The van der Waals surface area contributed by atoms with Gasteiger partial charge in [0.1, 0.15) is 13.2 Å². The topological polar surface area (TPSA) is 78.9 Å². The van der Waals surface area contributed by atoms with E-state index < -0.39 is 6.10 Å². The minimum atomic E-state index is -0.771. The zero-order valence-corrected chi connectivity index (χ0v) is 43.1. The van der Waals surface area contributed by atoms with Gasteiger partial charge in [-0.3, -0.25) is 14.4 Å². The summed E-state index contributed by atoms with van der Waals surface area (Å²) in [7, 11) is 0. The zero-order chi connectivity index (χ0) is 46.5. The van der Waals surface area contributed by atoms with E-state index in [0.29, 0.717) is 19.3 Å². The standard InChI is InChI=1S/C58H108O6/c1-4-7-10-13-16-19-22-25-27-28-29-30-32-34-37-39-42-45-48-51-57(60)63-54-55(64-58(61)52-49-46-43-40-35-24-21-18-15-12-9-6-3)53-62-56(59)50-47-44-41-38-36-33-31-26-23-20-17-14-11-8-5-2/h17,20,26,31,55H,4-16,18-19,21-25,27-30,32-54H2,1-3H3/b20-17-,31-26-/t55-/m1/s1. The molecule has 0 rings (SSSR count).